The van der Waals surface area contributed by atoms with E-state index in [1.165, 1.54) is 32.2 Å². The summed E-state index contributed by atoms with van der Waals surface area (Å²) in [5.41, 5.74) is -1.17. The molecule has 0 saturated heterocycles. The Morgan fingerprint density at radius 2 is 1.88 bits per heavy atom. The van der Waals surface area contributed by atoms with Crippen LogP contribution in [0.4, 0.5) is 23.7 Å². The minimum atomic E-state index is -4.64. The minimum Gasteiger partial charge on any atom is -0.325 e. The number of allylic oxidation sites excluding steroid dienone is 1. The summed E-state index contributed by atoms with van der Waals surface area (Å²) >= 11 is 0. The third kappa shape index (κ3) is 4.38. The fraction of sp³-hybridized carbons (Fsp3) is 0.190. The van der Waals surface area contributed by atoms with Crippen LogP contribution in [0.1, 0.15) is 29.7 Å². The third-order valence-electron chi connectivity index (χ3n) is 5.10. The fourth-order valence-electron chi connectivity index (χ4n) is 3.57. The molecule has 0 aromatic heterocycles. The quantitative estimate of drug-likeness (QED) is 0.430. The number of alkyl halides is 3. The number of anilines is 1. The maximum atomic E-state index is 13.2. The standard InChI is InChI=1S/C21H14ClF3N4O3S/c1-12-18(27-2)19(16-8-7-13(11-26)9-17(16)33(22,31)32)28(3)20(30)29(12)15-6-4-5-14(10-15)21(23,24)25/h4-10,19H,1,3H3/t19-/m1/s1. The molecule has 12 heteroatoms. The van der Waals surface area contributed by atoms with Gasteiger partial charge in [0.2, 0.25) is 5.70 Å². The first-order valence-corrected chi connectivity index (χ1v) is 11.4. The smallest absolute Gasteiger partial charge is 0.325 e. The van der Waals surface area contributed by atoms with E-state index in [1.54, 1.807) is 6.07 Å². The predicted octanol–water partition coefficient (Wildman–Crippen LogP) is 5.27. The van der Waals surface area contributed by atoms with Gasteiger partial charge < -0.3 is 4.90 Å². The molecular weight excluding hydrogens is 481 g/mol. The Hall–Kier alpha value is -3.54. The largest absolute Gasteiger partial charge is 0.416 e. The molecule has 0 fully saturated rings. The number of nitrogens with zero attached hydrogens (tertiary/aromatic N) is 4. The predicted molar refractivity (Wildman–Crippen MR) is 113 cm³/mol. The monoisotopic (exact) mass is 494 g/mol. The number of hydrogen-bond donors (Lipinski definition) is 0. The number of amides is 2. The average molecular weight is 495 g/mol. The average Bonchev–Trinajstić information content (AvgIpc) is 2.75. The summed E-state index contributed by atoms with van der Waals surface area (Å²) in [7, 11) is 2.47. The summed E-state index contributed by atoms with van der Waals surface area (Å²) in [4.78, 5) is 18.2. The Bertz CT molecular complexity index is 1370. The lowest BCUT2D eigenvalue weighted by atomic mass is 9.97. The number of urea groups is 1. The van der Waals surface area contributed by atoms with Gasteiger partial charge in [0, 0.05) is 29.1 Å². The molecule has 33 heavy (non-hydrogen) atoms. The van der Waals surface area contributed by atoms with Crippen LogP contribution in [-0.2, 0) is 15.2 Å². The second-order valence-electron chi connectivity index (χ2n) is 7.06. The first-order valence-electron chi connectivity index (χ1n) is 9.12. The molecule has 0 unspecified atom stereocenters. The molecule has 7 nitrogen and oxygen atoms in total. The second kappa shape index (κ2) is 8.43. The van der Waals surface area contributed by atoms with E-state index in [0.29, 0.717) is 0 Å². The van der Waals surface area contributed by atoms with Crippen LogP contribution in [0.3, 0.4) is 0 Å². The fourth-order valence-corrected chi connectivity index (χ4v) is 4.70. The Morgan fingerprint density at radius 1 is 1.21 bits per heavy atom. The van der Waals surface area contributed by atoms with Gasteiger partial charge in [0.1, 0.15) is 0 Å². The number of hydrogen-bond acceptors (Lipinski definition) is 4. The number of rotatable bonds is 3. The van der Waals surface area contributed by atoms with Gasteiger partial charge in [-0.1, -0.05) is 12.1 Å². The summed E-state index contributed by atoms with van der Waals surface area (Å²) in [6, 6.07) is 7.51. The van der Waals surface area contributed by atoms with Crippen molar-refractivity contribution in [3.8, 4) is 6.07 Å². The van der Waals surface area contributed by atoms with Crippen LogP contribution in [0, 0.1) is 17.9 Å². The van der Waals surface area contributed by atoms with Crippen LogP contribution >= 0.6 is 10.7 Å². The van der Waals surface area contributed by atoms with E-state index in [-0.39, 0.29) is 28.2 Å². The molecular formula is C21H14ClF3N4O3S. The molecule has 0 radical (unpaired) electrons. The van der Waals surface area contributed by atoms with Crippen molar-refractivity contribution in [1.82, 2.24) is 4.90 Å². The first kappa shape index (κ1) is 24.1. The van der Waals surface area contributed by atoms with E-state index in [4.69, 9.17) is 22.5 Å². The van der Waals surface area contributed by atoms with E-state index in [2.05, 4.69) is 4.85 Å². The zero-order chi connectivity index (χ0) is 24.7. The molecule has 1 atom stereocenters. The Morgan fingerprint density at radius 3 is 2.42 bits per heavy atom. The van der Waals surface area contributed by atoms with Gasteiger partial charge in [0.05, 0.1) is 34.7 Å². The van der Waals surface area contributed by atoms with Gasteiger partial charge in [0.25, 0.3) is 9.05 Å². The van der Waals surface area contributed by atoms with E-state index >= 15 is 0 Å². The highest BCUT2D eigenvalue weighted by atomic mass is 35.7. The van der Waals surface area contributed by atoms with E-state index in [1.807, 2.05) is 0 Å². The molecule has 0 N–H and O–H groups in total. The number of likely N-dealkylation sites (N-methyl/N-ethyl adjacent to an activating group) is 1. The van der Waals surface area contributed by atoms with Crippen LogP contribution < -0.4 is 4.90 Å². The highest BCUT2D eigenvalue weighted by Gasteiger charge is 2.41. The maximum absolute atomic E-state index is 13.2. The third-order valence-corrected chi connectivity index (χ3v) is 6.48. The lowest BCUT2D eigenvalue weighted by Gasteiger charge is -2.40. The summed E-state index contributed by atoms with van der Waals surface area (Å²) in [5.74, 6) is 0. The summed E-state index contributed by atoms with van der Waals surface area (Å²) in [6.45, 7) is 9.03. The SMILES string of the molecule is [C-]#[N+]C1=C(C)N(c2cccc(C(F)(F)F)c2)C(=O)N(C)[C@@H]1c1ccc(C#N)cc1S(=O)(=O)Cl. The van der Waals surface area contributed by atoms with Gasteiger partial charge in [-0.2, -0.15) is 18.4 Å². The highest BCUT2D eigenvalue weighted by Crippen LogP contribution is 2.42. The first-order chi connectivity index (χ1) is 15.3. The highest BCUT2D eigenvalue weighted by molar-refractivity contribution is 8.13. The van der Waals surface area contributed by atoms with Gasteiger partial charge in [-0.3, -0.25) is 4.90 Å². The molecule has 1 heterocycles. The molecule has 0 aliphatic carbocycles. The van der Waals surface area contributed by atoms with Gasteiger partial charge in [-0.25, -0.2) is 18.1 Å². The molecule has 1 aliphatic heterocycles. The molecule has 0 saturated carbocycles. The zero-order valence-electron chi connectivity index (χ0n) is 17.1. The summed E-state index contributed by atoms with van der Waals surface area (Å²) in [6.07, 6.45) is -4.64. The Balaban J connectivity index is 2.25. The molecule has 2 amide bonds. The van der Waals surface area contributed by atoms with E-state index in [9.17, 15) is 26.4 Å². The van der Waals surface area contributed by atoms with Gasteiger partial charge in [-0.05, 0) is 42.8 Å². The second-order valence-corrected chi connectivity index (χ2v) is 9.60. The molecule has 2 aromatic rings. The van der Waals surface area contributed by atoms with Crippen LogP contribution in [0.2, 0.25) is 0 Å². The maximum Gasteiger partial charge on any atom is 0.416 e. The van der Waals surface area contributed by atoms with Crippen molar-refractivity contribution < 1.29 is 26.4 Å². The summed E-state index contributed by atoms with van der Waals surface area (Å²) in [5, 5.41) is 9.11. The molecule has 0 spiro atoms. The summed E-state index contributed by atoms with van der Waals surface area (Å²) < 4.78 is 63.9. The molecule has 3 rings (SSSR count). The number of carbonyl (C=O) groups excluding carboxylic acids is 1. The van der Waals surface area contributed by atoms with Crippen molar-refractivity contribution in [1.29, 1.82) is 5.26 Å². The molecule has 0 bridgehead atoms. The van der Waals surface area contributed by atoms with Crippen molar-refractivity contribution in [2.75, 3.05) is 11.9 Å². The van der Waals surface area contributed by atoms with Crippen LogP contribution in [0.15, 0.2) is 58.8 Å². The number of carbonyl (C=O) groups is 1. The molecule has 1 aliphatic rings. The van der Waals surface area contributed by atoms with E-state index in [0.717, 1.165) is 34.1 Å². The number of nitriles is 1. The van der Waals surface area contributed by atoms with Crippen LogP contribution in [0.5, 0.6) is 0 Å². The number of benzene rings is 2. The van der Waals surface area contributed by atoms with E-state index < -0.39 is 37.8 Å². The Kier molecular flexibility index (Phi) is 6.16. The van der Waals surface area contributed by atoms with Crippen molar-refractivity contribution in [2.45, 2.75) is 24.0 Å². The normalized spacial score (nSPS) is 17.1. The van der Waals surface area contributed by atoms with Crippen molar-refractivity contribution in [3.05, 3.63) is 82.0 Å². The lowest BCUT2D eigenvalue weighted by molar-refractivity contribution is -0.137. The topological polar surface area (TPSA) is 85.8 Å². The van der Waals surface area contributed by atoms with Crippen LogP contribution in [0.25, 0.3) is 4.85 Å². The van der Waals surface area contributed by atoms with Crippen LogP contribution in [-0.4, -0.2) is 26.4 Å². The van der Waals surface area contributed by atoms with Gasteiger partial charge in [-0.15, -0.1) is 0 Å². The van der Waals surface area contributed by atoms with Gasteiger partial charge in [0.15, 0.2) is 0 Å². The van der Waals surface area contributed by atoms with Gasteiger partial charge >= 0.3 is 12.2 Å². The van der Waals surface area contributed by atoms with Crippen molar-refractivity contribution in [3.63, 3.8) is 0 Å². The zero-order valence-corrected chi connectivity index (χ0v) is 18.6. The molecule has 170 valence electrons. The molecule has 2 aromatic carbocycles. The minimum absolute atomic E-state index is 0.00146. The van der Waals surface area contributed by atoms with Crippen molar-refractivity contribution in [2.24, 2.45) is 0 Å². The Labute approximate surface area is 192 Å². The van der Waals surface area contributed by atoms with Crippen molar-refractivity contribution >= 4 is 31.5 Å². The number of halogens is 4. The lowest BCUT2D eigenvalue weighted by Crippen LogP contribution is -2.47.